The zero-order chi connectivity index (χ0) is 36.6. The molecule has 0 aromatic carbocycles. The standard InChI is InChI=1S/C41H82NO7P/c1-3-5-7-9-11-13-15-17-19-21-23-25-27-29-31-33-36-46-38-40(39-48-50(44,45)47-37-35-42)49-41(43)34-32-30-28-26-24-22-20-18-16-14-12-10-8-6-4-2/h33,36,40H,3-32,34-35,37-39,42H2,1-2H3,(H,44,45). The Balaban J connectivity index is 4.05. The van der Waals surface area contributed by atoms with Crippen LogP contribution in [0.1, 0.15) is 213 Å². The number of hydrogen-bond acceptors (Lipinski definition) is 7. The molecule has 3 N–H and O–H groups in total. The summed E-state index contributed by atoms with van der Waals surface area (Å²) in [6.45, 7) is 4.27. The van der Waals surface area contributed by atoms with Crippen LogP contribution in [0.25, 0.3) is 0 Å². The van der Waals surface area contributed by atoms with Crippen LogP contribution >= 0.6 is 7.82 Å². The Bertz CT molecular complexity index is 782. The molecule has 0 radical (unpaired) electrons. The van der Waals surface area contributed by atoms with E-state index in [1.807, 2.05) is 6.08 Å². The van der Waals surface area contributed by atoms with Gasteiger partial charge in [0.05, 0.1) is 19.5 Å². The number of phosphoric acid groups is 1. The second-order valence-corrected chi connectivity index (χ2v) is 15.7. The monoisotopic (exact) mass is 732 g/mol. The molecule has 2 atom stereocenters. The zero-order valence-corrected chi connectivity index (χ0v) is 33.8. The van der Waals surface area contributed by atoms with E-state index < -0.39 is 13.9 Å². The van der Waals surface area contributed by atoms with E-state index in [0.717, 1.165) is 32.1 Å². The lowest BCUT2D eigenvalue weighted by atomic mass is 10.0. The Labute approximate surface area is 309 Å². The molecule has 9 heteroatoms. The molecule has 0 aliphatic rings. The summed E-state index contributed by atoms with van der Waals surface area (Å²) in [4.78, 5) is 22.4. The molecule has 0 heterocycles. The van der Waals surface area contributed by atoms with Gasteiger partial charge in [-0.05, 0) is 25.3 Å². The summed E-state index contributed by atoms with van der Waals surface area (Å²) < 4.78 is 33.2. The average molecular weight is 732 g/mol. The average Bonchev–Trinajstić information content (AvgIpc) is 3.10. The van der Waals surface area contributed by atoms with Crippen LogP contribution in [0, 0.1) is 0 Å². The van der Waals surface area contributed by atoms with E-state index in [9.17, 15) is 14.3 Å². The van der Waals surface area contributed by atoms with Crippen LogP contribution in [0.4, 0.5) is 0 Å². The molecule has 50 heavy (non-hydrogen) atoms. The Morgan fingerprint density at radius 1 is 0.600 bits per heavy atom. The lowest BCUT2D eigenvalue weighted by Crippen LogP contribution is -2.27. The molecule has 0 bridgehead atoms. The van der Waals surface area contributed by atoms with Crippen molar-refractivity contribution in [2.24, 2.45) is 5.73 Å². The maximum absolute atomic E-state index is 12.5. The molecule has 0 aliphatic carbocycles. The third-order valence-corrected chi connectivity index (χ3v) is 10.3. The summed E-state index contributed by atoms with van der Waals surface area (Å²) in [5.41, 5.74) is 5.36. The summed E-state index contributed by atoms with van der Waals surface area (Å²) in [6, 6.07) is 0. The van der Waals surface area contributed by atoms with E-state index in [1.54, 1.807) is 6.26 Å². The maximum atomic E-state index is 12.5. The van der Waals surface area contributed by atoms with Gasteiger partial charge in [-0.25, -0.2) is 4.57 Å². The van der Waals surface area contributed by atoms with E-state index >= 15 is 0 Å². The number of carbonyl (C=O) groups is 1. The van der Waals surface area contributed by atoms with Gasteiger partial charge in [0.15, 0.2) is 6.10 Å². The molecule has 0 fully saturated rings. The number of esters is 1. The van der Waals surface area contributed by atoms with Crippen LogP contribution in [-0.4, -0.2) is 43.3 Å². The molecule has 0 aliphatic heterocycles. The van der Waals surface area contributed by atoms with E-state index in [2.05, 4.69) is 13.8 Å². The first-order chi connectivity index (χ1) is 24.4. The maximum Gasteiger partial charge on any atom is 0.472 e. The van der Waals surface area contributed by atoms with Gasteiger partial charge in [0, 0.05) is 13.0 Å². The molecule has 0 saturated heterocycles. The Morgan fingerprint density at radius 2 is 1.00 bits per heavy atom. The van der Waals surface area contributed by atoms with Crippen molar-refractivity contribution in [3.63, 3.8) is 0 Å². The SMILES string of the molecule is CCCCCCCCCCCCCCCCC=COCC(COP(=O)(O)OCCN)OC(=O)CCCCCCCCCCCCCCCCC. The first-order valence-electron chi connectivity index (χ1n) is 21.2. The van der Waals surface area contributed by atoms with Crippen molar-refractivity contribution in [2.45, 2.75) is 219 Å². The minimum absolute atomic E-state index is 0.0384. The van der Waals surface area contributed by atoms with Crippen molar-refractivity contribution in [3.05, 3.63) is 12.3 Å². The molecular formula is C41H82NO7P. The van der Waals surface area contributed by atoms with Crippen molar-refractivity contribution in [1.29, 1.82) is 0 Å². The van der Waals surface area contributed by atoms with Gasteiger partial charge < -0.3 is 20.1 Å². The van der Waals surface area contributed by atoms with E-state index in [4.69, 9.17) is 24.3 Å². The summed E-state index contributed by atoms with van der Waals surface area (Å²) in [5.74, 6) is -0.348. The minimum atomic E-state index is -4.28. The Hall–Kier alpha value is -0.920. The van der Waals surface area contributed by atoms with Gasteiger partial charge in [-0.2, -0.15) is 0 Å². The number of ether oxygens (including phenoxy) is 2. The third kappa shape index (κ3) is 38.3. The fourth-order valence-corrected chi connectivity index (χ4v) is 6.91. The van der Waals surface area contributed by atoms with Gasteiger partial charge >= 0.3 is 13.8 Å². The molecule has 298 valence electrons. The van der Waals surface area contributed by atoms with Gasteiger partial charge in [-0.15, -0.1) is 0 Å². The van der Waals surface area contributed by atoms with Crippen LogP contribution in [0.5, 0.6) is 0 Å². The summed E-state index contributed by atoms with van der Waals surface area (Å²) >= 11 is 0. The molecule has 8 nitrogen and oxygen atoms in total. The molecule has 0 amide bonds. The van der Waals surface area contributed by atoms with Gasteiger partial charge in [-0.3, -0.25) is 13.8 Å². The Kier molecular flexibility index (Phi) is 38.6. The number of unbranched alkanes of at least 4 members (excludes halogenated alkanes) is 28. The highest BCUT2D eigenvalue weighted by Gasteiger charge is 2.25. The van der Waals surface area contributed by atoms with Crippen molar-refractivity contribution >= 4 is 13.8 Å². The second-order valence-electron chi connectivity index (χ2n) is 14.3. The molecular weight excluding hydrogens is 649 g/mol. The van der Waals surface area contributed by atoms with Crippen LogP contribution in [-0.2, 0) is 27.9 Å². The summed E-state index contributed by atoms with van der Waals surface area (Å²) in [7, 11) is -4.28. The topological polar surface area (TPSA) is 117 Å². The van der Waals surface area contributed by atoms with Crippen molar-refractivity contribution in [3.8, 4) is 0 Å². The van der Waals surface area contributed by atoms with Crippen LogP contribution in [0.3, 0.4) is 0 Å². The predicted molar refractivity (Wildman–Crippen MR) is 210 cm³/mol. The largest absolute Gasteiger partial charge is 0.498 e. The smallest absolute Gasteiger partial charge is 0.472 e. The molecule has 0 saturated carbocycles. The number of nitrogens with two attached hydrogens (primary N) is 1. The first kappa shape index (κ1) is 49.1. The fourth-order valence-electron chi connectivity index (χ4n) is 6.14. The number of hydrogen-bond donors (Lipinski definition) is 2. The molecule has 0 aromatic rings. The van der Waals surface area contributed by atoms with Crippen LogP contribution < -0.4 is 5.73 Å². The van der Waals surface area contributed by atoms with Crippen molar-refractivity contribution in [1.82, 2.24) is 0 Å². The lowest BCUT2D eigenvalue weighted by molar-refractivity contribution is -0.153. The molecule has 0 rings (SSSR count). The predicted octanol–water partition coefficient (Wildman–Crippen LogP) is 12.7. The van der Waals surface area contributed by atoms with Crippen LogP contribution in [0.2, 0.25) is 0 Å². The normalized spacial score (nSPS) is 13.5. The van der Waals surface area contributed by atoms with Crippen molar-refractivity contribution in [2.75, 3.05) is 26.4 Å². The fraction of sp³-hybridized carbons (Fsp3) is 0.927. The molecule has 0 spiro atoms. The first-order valence-corrected chi connectivity index (χ1v) is 22.7. The number of carbonyl (C=O) groups excluding carboxylic acids is 1. The van der Waals surface area contributed by atoms with Crippen molar-refractivity contribution < 1.29 is 32.8 Å². The minimum Gasteiger partial charge on any atom is -0.498 e. The second kappa shape index (κ2) is 39.3. The van der Waals surface area contributed by atoms with Gasteiger partial charge in [0.2, 0.25) is 0 Å². The highest BCUT2D eigenvalue weighted by molar-refractivity contribution is 7.47. The lowest BCUT2D eigenvalue weighted by Gasteiger charge is -2.19. The molecule has 2 unspecified atom stereocenters. The summed E-state index contributed by atoms with van der Waals surface area (Å²) in [5, 5.41) is 0. The highest BCUT2D eigenvalue weighted by atomic mass is 31.2. The number of allylic oxidation sites excluding steroid dienone is 1. The Morgan fingerprint density at radius 3 is 1.42 bits per heavy atom. The van der Waals surface area contributed by atoms with E-state index in [-0.39, 0.29) is 32.3 Å². The number of rotatable bonds is 41. The zero-order valence-electron chi connectivity index (χ0n) is 32.9. The van der Waals surface area contributed by atoms with Gasteiger partial charge in [0.1, 0.15) is 6.61 Å². The quantitative estimate of drug-likeness (QED) is 0.0276. The molecule has 0 aromatic heterocycles. The van der Waals surface area contributed by atoms with Gasteiger partial charge in [-0.1, -0.05) is 187 Å². The number of phosphoric ester groups is 1. The van der Waals surface area contributed by atoms with Gasteiger partial charge in [0.25, 0.3) is 0 Å². The van der Waals surface area contributed by atoms with E-state index in [0.29, 0.717) is 6.42 Å². The van der Waals surface area contributed by atoms with E-state index in [1.165, 1.54) is 161 Å². The highest BCUT2D eigenvalue weighted by Crippen LogP contribution is 2.43. The van der Waals surface area contributed by atoms with Crippen LogP contribution in [0.15, 0.2) is 12.3 Å². The third-order valence-electron chi connectivity index (χ3n) is 9.28. The summed E-state index contributed by atoms with van der Waals surface area (Å²) in [6.07, 6.45) is 41.7.